The third-order valence-electron chi connectivity index (χ3n) is 16.7. The molecule has 6 aromatic carbocycles. The lowest BCUT2D eigenvalue weighted by Gasteiger charge is -2.63. The highest BCUT2D eigenvalue weighted by Crippen LogP contribution is 2.70. The third-order valence-corrected chi connectivity index (χ3v) is 16.7. The van der Waals surface area contributed by atoms with Crippen LogP contribution in [0.3, 0.4) is 0 Å². The zero-order valence-corrected chi connectivity index (χ0v) is 35.7. The van der Waals surface area contributed by atoms with Gasteiger partial charge in [0, 0.05) is 39.3 Å². The van der Waals surface area contributed by atoms with Crippen molar-refractivity contribution in [2.24, 2.45) is 23.7 Å². The molecule has 4 saturated carbocycles. The Balaban J connectivity index is 1.16. The summed E-state index contributed by atoms with van der Waals surface area (Å²) in [5, 5.41) is 0. The maximum atomic E-state index is 7.27. The third kappa shape index (κ3) is 4.92. The molecule has 0 atom stereocenters. The van der Waals surface area contributed by atoms with Crippen LogP contribution >= 0.6 is 0 Å². The molecule has 4 bridgehead atoms. The van der Waals surface area contributed by atoms with Gasteiger partial charge in [0.2, 0.25) is 0 Å². The predicted octanol–water partition coefficient (Wildman–Crippen LogP) is 15.3. The number of anilines is 3. The summed E-state index contributed by atoms with van der Waals surface area (Å²) < 4.78 is 7.27. The Morgan fingerprint density at radius 3 is 1.88 bits per heavy atom. The molecule has 59 heavy (non-hydrogen) atoms. The van der Waals surface area contributed by atoms with E-state index in [9.17, 15) is 0 Å². The molecule has 0 N–H and O–H groups in total. The van der Waals surface area contributed by atoms with Crippen LogP contribution in [0.5, 0.6) is 11.5 Å². The molecule has 4 fully saturated rings. The van der Waals surface area contributed by atoms with Crippen molar-refractivity contribution in [2.75, 3.05) is 4.90 Å². The standard InChI is InChI=1S/C57H57NO/c1-54(2)25-26-55(3,4)53-46(54)20-14-21-49(53)58(40-23-24-42-41-17-10-11-18-44(41)56(5,6)47(42)32-40)50-34-52-48(33-43(50)37-15-8-7-9-16-37)57(45-19-12-13-22-51(45)59-52)38-28-35-27-36(30-38)31-39(57)29-35/h7-24,32-36,38-39H,25-31H2,1-6H3. The first-order chi connectivity index (χ1) is 28.4. The van der Waals surface area contributed by atoms with E-state index in [4.69, 9.17) is 4.74 Å². The summed E-state index contributed by atoms with van der Waals surface area (Å²) in [4.78, 5) is 2.65. The van der Waals surface area contributed by atoms with Crippen LogP contribution in [0, 0.1) is 23.7 Å². The summed E-state index contributed by atoms with van der Waals surface area (Å²) >= 11 is 0. The van der Waals surface area contributed by atoms with E-state index in [1.165, 1.54) is 111 Å². The van der Waals surface area contributed by atoms with E-state index >= 15 is 0 Å². The zero-order valence-electron chi connectivity index (χ0n) is 35.7. The molecule has 7 aliphatic rings. The van der Waals surface area contributed by atoms with Crippen LogP contribution in [0.15, 0.2) is 127 Å². The van der Waals surface area contributed by atoms with Crippen LogP contribution in [0.1, 0.15) is 120 Å². The van der Waals surface area contributed by atoms with Crippen LogP contribution in [0.25, 0.3) is 22.3 Å². The highest BCUT2D eigenvalue weighted by atomic mass is 16.5. The van der Waals surface area contributed by atoms with Crippen molar-refractivity contribution < 1.29 is 4.74 Å². The second-order valence-corrected chi connectivity index (χ2v) is 21.2. The van der Waals surface area contributed by atoms with Gasteiger partial charge in [-0.25, -0.2) is 0 Å². The summed E-state index contributed by atoms with van der Waals surface area (Å²) in [6, 6.07) is 49.0. The highest BCUT2D eigenvalue weighted by molar-refractivity contribution is 5.93. The molecule has 6 aliphatic carbocycles. The van der Waals surface area contributed by atoms with Crippen LogP contribution in [0.4, 0.5) is 17.1 Å². The van der Waals surface area contributed by atoms with Crippen molar-refractivity contribution in [3.8, 4) is 33.8 Å². The molecule has 0 amide bonds. The number of hydrogen-bond donors (Lipinski definition) is 0. The molecule has 0 radical (unpaired) electrons. The SMILES string of the molecule is CC1(C)CCC(C)(C)c2c(N(c3ccc4c(c3)C(C)(C)c3ccccc3-4)c3cc4c(cc3-c3ccccc3)C3(c5ccccc5O4)C4CC5CC(C4)CC3C5)cccc21. The van der Waals surface area contributed by atoms with Gasteiger partial charge in [0.25, 0.3) is 0 Å². The van der Waals surface area contributed by atoms with Crippen molar-refractivity contribution in [3.05, 3.63) is 161 Å². The van der Waals surface area contributed by atoms with Crippen LogP contribution in [0.2, 0.25) is 0 Å². The summed E-state index contributed by atoms with van der Waals surface area (Å²) in [5.41, 5.74) is 17.4. The van der Waals surface area contributed by atoms with E-state index in [2.05, 4.69) is 174 Å². The Morgan fingerprint density at radius 2 is 1.12 bits per heavy atom. The number of para-hydroxylation sites is 1. The molecule has 1 spiro atoms. The topological polar surface area (TPSA) is 12.5 Å². The molecule has 0 aromatic heterocycles. The molecular formula is C57H57NO. The highest BCUT2D eigenvalue weighted by Gasteiger charge is 2.61. The fourth-order valence-corrected chi connectivity index (χ4v) is 14.1. The number of rotatable bonds is 4. The minimum atomic E-state index is -0.123. The molecule has 2 nitrogen and oxygen atoms in total. The van der Waals surface area contributed by atoms with Crippen LogP contribution in [-0.2, 0) is 21.7 Å². The summed E-state index contributed by atoms with van der Waals surface area (Å²) in [7, 11) is 0. The average molecular weight is 772 g/mol. The van der Waals surface area contributed by atoms with Crippen LogP contribution in [-0.4, -0.2) is 0 Å². The number of hydrogen-bond acceptors (Lipinski definition) is 2. The van der Waals surface area contributed by atoms with Gasteiger partial charge in [0.15, 0.2) is 0 Å². The Labute approximate surface area is 351 Å². The molecule has 0 unspecified atom stereocenters. The van der Waals surface area contributed by atoms with Gasteiger partial charge in [-0.3, -0.25) is 0 Å². The minimum Gasteiger partial charge on any atom is -0.457 e. The molecule has 6 aromatic rings. The fraction of sp³-hybridized carbons (Fsp3) is 0.368. The molecule has 13 rings (SSSR count). The first-order valence-electron chi connectivity index (χ1n) is 22.6. The second-order valence-electron chi connectivity index (χ2n) is 21.2. The maximum absolute atomic E-state index is 7.27. The summed E-state index contributed by atoms with van der Waals surface area (Å²) in [6.45, 7) is 14.7. The van der Waals surface area contributed by atoms with Gasteiger partial charge in [-0.2, -0.15) is 0 Å². The van der Waals surface area contributed by atoms with Gasteiger partial charge >= 0.3 is 0 Å². The van der Waals surface area contributed by atoms with Gasteiger partial charge in [-0.1, -0.05) is 133 Å². The molecule has 1 aliphatic heterocycles. The normalized spacial score (nSPS) is 26.6. The largest absolute Gasteiger partial charge is 0.457 e. The van der Waals surface area contributed by atoms with E-state index in [-0.39, 0.29) is 21.7 Å². The number of benzene rings is 6. The predicted molar refractivity (Wildman–Crippen MR) is 244 cm³/mol. The van der Waals surface area contributed by atoms with Crippen molar-refractivity contribution in [1.82, 2.24) is 0 Å². The van der Waals surface area contributed by atoms with Gasteiger partial charge in [-0.15, -0.1) is 0 Å². The average Bonchev–Trinajstić information content (AvgIpc) is 3.46. The van der Waals surface area contributed by atoms with Gasteiger partial charge in [-0.05, 0) is 149 Å². The quantitative estimate of drug-likeness (QED) is 0.177. The Bertz CT molecular complexity index is 2670. The lowest BCUT2D eigenvalue weighted by atomic mass is 9.41. The van der Waals surface area contributed by atoms with Crippen molar-refractivity contribution in [1.29, 1.82) is 0 Å². The number of nitrogens with zero attached hydrogens (tertiary/aromatic N) is 1. The molecule has 1 heterocycles. The number of ether oxygens (including phenoxy) is 1. The van der Waals surface area contributed by atoms with Crippen molar-refractivity contribution in [2.45, 2.75) is 108 Å². The lowest BCUT2D eigenvalue weighted by molar-refractivity contribution is -0.0452. The minimum absolute atomic E-state index is 0.00701. The van der Waals surface area contributed by atoms with Crippen molar-refractivity contribution >= 4 is 17.1 Å². The van der Waals surface area contributed by atoms with E-state index in [1.54, 1.807) is 0 Å². The van der Waals surface area contributed by atoms with E-state index in [0.29, 0.717) is 11.8 Å². The van der Waals surface area contributed by atoms with Crippen molar-refractivity contribution in [3.63, 3.8) is 0 Å². The molecule has 296 valence electrons. The van der Waals surface area contributed by atoms with Crippen LogP contribution < -0.4 is 9.64 Å². The molecule has 2 heteroatoms. The number of fused-ring (bicyclic) bond motifs is 6. The first-order valence-corrected chi connectivity index (χ1v) is 22.6. The summed E-state index contributed by atoms with van der Waals surface area (Å²) in [6.07, 6.45) is 9.11. The Kier molecular flexibility index (Phi) is 7.44. The van der Waals surface area contributed by atoms with E-state index in [1.807, 2.05) is 0 Å². The molecule has 0 saturated heterocycles. The van der Waals surface area contributed by atoms with E-state index in [0.717, 1.165) is 29.8 Å². The summed E-state index contributed by atoms with van der Waals surface area (Å²) in [5.74, 6) is 5.13. The smallest absolute Gasteiger partial charge is 0.133 e. The second kappa shape index (κ2) is 12.2. The molecular weight excluding hydrogens is 715 g/mol. The lowest BCUT2D eigenvalue weighted by Crippen LogP contribution is -2.57. The zero-order chi connectivity index (χ0) is 40.1. The monoisotopic (exact) mass is 771 g/mol. The Morgan fingerprint density at radius 1 is 0.475 bits per heavy atom. The Hall–Kier alpha value is -5.08. The first kappa shape index (κ1) is 35.8. The van der Waals surface area contributed by atoms with Gasteiger partial charge in [0.05, 0.1) is 11.4 Å². The fourth-order valence-electron chi connectivity index (χ4n) is 14.1. The van der Waals surface area contributed by atoms with Gasteiger partial charge < -0.3 is 9.64 Å². The maximum Gasteiger partial charge on any atom is 0.133 e. The van der Waals surface area contributed by atoms with E-state index < -0.39 is 0 Å². The van der Waals surface area contributed by atoms with Gasteiger partial charge in [0.1, 0.15) is 11.5 Å².